The van der Waals surface area contributed by atoms with Crippen LogP contribution < -0.4 is 14.7 Å². The van der Waals surface area contributed by atoms with E-state index in [1.165, 1.54) is 0 Å². The number of fused-ring (bicyclic) bond motifs is 1. The van der Waals surface area contributed by atoms with E-state index >= 15 is 0 Å². The molecule has 2 fully saturated rings. The van der Waals surface area contributed by atoms with E-state index in [0.29, 0.717) is 31.5 Å². The number of likely N-dealkylation sites (tertiary alicyclic amines) is 1. The van der Waals surface area contributed by atoms with Crippen molar-refractivity contribution in [1.29, 1.82) is 0 Å². The Bertz CT molecular complexity index is 788. The van der Waals surface area contributed by atoms with E-state index < -0.39 is 12.7 Å². The van der Waals surface area contributed by atoms with Gasteiger partial charge in [0.1, 0.15) is 17.4 Å². The summed E-state index contributed by atoms with van der Waals surface area (Å²) in [4.78, 5) is 25.8. The normalized spacial score (nSPS) is 23.5. The number of hydrogen-bond acceptors (Lipinski definition) is 7. The van der Waals surface area contributed by atoms with Crippen LogP contribution in [0.5, 0.6) is 11.5 Å². The van der Waals surface area contributed by atoms with E-state index in [0.717, 1.165) is 19.4 Å². The van der Waals surface area contributed by atoms with Crippen molar-refractivity contribution in [3.63, 3.8) is 0 Å². The van der Waals surface area contributed by atoms with Crippen LogP contribution in [0.15, 0.2) is 12.1 Å². The number of aryl methyl sites for hydroxylation is 1. The van der Waals surface area contributed by atoms with E-state index in [9.17, 15) is 24.7 Å². The van der Waals surface area contributed by atoms with Gasteiger partial charge in [-0.15, -0.1) is 0 Å². The van der Waals surface area contributed by atoms with Gasteiger partial charge >= 0.3 is 12.7 Å². The molecule has 152 valence electrons. The predicted molar refractivity (Wildman–Crippen MR) is 99.4 cm³/mol. The highest BCUT2D eigenvalue weighted by molar-refractivity contribution is 6.59. The minimum absolute atomic E-state index is 0.0157. The Hall–Kier alpha value is -2.30. The van der Waals surface area contributed by atoms with E-state index in [2.05, 4.69) is 5.32 Å². The smallest absolute Gasteiger partial charge is 0.430 e. The van der Waals surface area contributed by atoms with Crippen LogP contribution in [0.2, 0.25) is 6.32 Å². The molecule has 0 radical (unpaired) electrons. The summed E-state index contributed by atoms with van der Waals surface area (Å²) < 4.78 is 11.0. The van der Waals surface area contributed by atoms with Gasteiger partial charge in [0.2, 0.25) is 5.91 Å². The lowest BCUT2D eigenvalue weighted by Crippen LogP contribution is -2.57. The van der Waals surface area contributed by atoms with Crippen molar-refractivity contribution in [2.24, 2.45) is 0 Å². The first-order valence-corrected chi connectivity index (χ1v) is 9.69. The van der Waals surface area contributed by atoms with Gasteiger partial charge in [-0.3, -0.25) is 4.79 Å². The average Bonchev–Trinajstić information content (AvgIpc) is 3.08. The molecule has 1 aromatic rings. The fourth-order valence-electron chi connectivity index (χ4n) is 4.00. The zero-order chi connectivity index (χ0) is 19.9. The zero-order valence-electron chi connectivity index (χ0n) is 15.5. The topological polar surface area (TPSA) is 129 Å². The molecule has 28 heavy (non-hydrogen) atoms. The van der Waals surface area contributed by atoms with Gasteiger partial charge in [0.05, 0.1) is 18.8 Å². The number of rotatable bonds is 5. The molecule has 10 heteroatoms. The summed E-state index contributed by atoms with van der Waals surface area (Å²) in [6, 6.07) is 3.48. The molecule has 0 bridgehead atoms. The van der Waals surface area contributed by atoms with Gasteiger partial charge in [-0.25, -0.2) is 4.79 Å². The number of carbonyl (C=O) groups is 2. The lowest BCUT2D eigenvalue weighted by Gasteiger charge is -2.40. The zero-order valence-corrected chi connectivity index (χ0v) is 15.5. The van der Waals surface area contributed by atoms with Gasteiger partial charge in [0.25, 0.3) is 0 Å². The van der Waals surface area contributed by atoms with Crippen LogP contribution in [0.4, 0.5) is 0 Å². The molecule has 3 heterocycles. The minimum atomic E-state index is -3.07. The Kier molecular flexibility index (Phi) is 4.94. The fourth-order valence-corrected chi connectivity index (χ4v) is 4.00. The van der Waals surface area contributed by atoms with Crippen molar-refractivity contribution >= 4 is 18.6 Å². The van der Waals surface area contributed by atoms with Crippen LogP contribution in [-0.4, -0.2) is 70.5 Å². The van der Waals surface area contributed by atoms with Crippen LogP contribution in [-0.2, 0) is 11.2 Å². The number of nitrogens with one attached hydrogen (secondary N) is 1. The number of ether oxygens (including phenoxy) is 1. The third-order valence-corrected chi connectivity index (χ3v) is 5.59. The highest BCUT2D eigenvalue weighted by atomic mass is 16.6. The Morgan fingerprint density at radius 3 is 2.79 bits per heavy atom. The SMILES string of the molecule is O=C(O)c1c(OC2CN(C(=O)C[C@H]3CCCN3)C2)ccc2c1O[B-](O)(O)CC2. The first-order chi connectivity index (χ1) is 13.3. The molecule has 2 saturated heterocycles. The summed E-state index contributed by atoms with van der Waals surface area (Å²) in [6.45, 7) is -1.32. The summed E-state index contributed by atoms with van der Waals surface area (Å²) in [5.41, 5.74) is 0.381. The average molecular weight is 391 g/mol. The summed E-state index contributed by atoms with van der Waals surface area (Å²) in [7, 11) is 0. The third kappa shape index (κ3) is 3.80. The molecule has 3 aliphatic heterocycles. The Labute approximate surface area is 162 Å². The van der Waals surface area contributed by atoms with Crippen LogP contribution >= 0.6 is 0 Å². The molecule has 1 amide bonds. The lowest BCUT2D eigenvalue weighted by atomic mass is 9.70. The maximum absolute atomic E-state index is 12.3. The van der Waals surface area contributed by atoms with Gasteiger partial charge in [-0.1, -0.05) is 12.4 Å². The molecule has 0 aliphatic carbocycles. The first-order valence-electron chi connectivity index (χ1n) is 9.69. The van der Waals surface area contributed by atoms with Crippen molar-refractivity contribution in [2.45, 2.75) is 44.1 Å². The second-order valence-corrected chi connectivity index (χ2v) is 7.78. The van der Waals surface area contributed by atoms with E-state index in [1.54, 1.807) is 17.0 Å². The maximum Gasteiger partial charge on any atom is 0.430 e. The second kappa shape index (κ2) is 7.27. The van der Waals surface area contributed by atoms with Crippen LogP contribution in [0.1, 0.15) is 35.2 Å². The number of aromatic carboxylic acids is 1. The number of nitrogens with zero attached hydrogens (tertiary/aromatic N) is 1. The Morgan fingerprint density at radius 2 is 2.11 bits per heavy atom. The van der Waals surface area contributed by atoms with Gasteiger partial charge in [0.15, 0.2) is 0 Å². The fraction of sp³-hybridized carbons (Fsp3) is 0.556. The van der Waals surface area contributed by atoms with Crippen molar-refractivity contribution < 1.29 is 34.1 Å². The Balaban J connectivity index is 1.42. The van der Waals surface area contributed by atoms with Crippen molar-refractivity contribution in [3.05, 3.63) is 23.3 Å². The minimum Gasteiger partial charge on any atom is -0.669 e. The second-order valence-electron chi connectivity index (χ2n) is 7.78. The predicted octanol–water partition coefficient (Wildman–Crippen LogP) is -0.0251. The van der Waals surface area contributed by atoms with Crippen molar-refractivity contribution in [1.82, 2.24) is 10.2 Å². The molecule has 3 aliphatic rings. The molecule has 4 N–H and O–H groups in total. The van der Waals surface area contributed by atoms with Gasteiger partial charge in [-0.05, 0) is 37.4 Å². The summed E-state index contributed by atoms with van der Waals surface area (Å²) >= 11 is 0. The molecule has 0 spiro atoms. The number of carbonyl (C=O) groups excluding carboxylic acids is 1. The van der Waals surface area contributed by atoms with E-state index in [1.807, 2.05) is 0 Å². The number of amides is 1. The first kappa shape index (κ1) is 19.0. The summed E-state index contributed by atoms with van der Waals surface area (Å²) in [5, 5.41) is 32.5. The standard InChI is InChI=1S/C18H24BN2O7/c22-15(8-12-2-1-7-20-12)21-9-13(10-21)27-14-4-3-11-5-6-19(25,26)28-17(11)16(14)18(23)24/h3-4,12-13,20,25-26H,1-2,5-10H2,(H,23,24)/q-1/t12-/m1/s1. The van der Waals surface area contributed by atoms with Gasteiger partial charge in [-0.2, -0.15) is 0 Å². The number of hydrogen-bond donors (Lipinski definition) is 4. The summed E-state index contributed by atoms with van der Waals surface area (Å²) in [6.07, 6.45) is 2.59. The number of carboxylic acids is 1. The molecule has 1 aromatic carbocycles. The van der Waals surface area contributed by atoms with Gasteiger partial charge < -0.3 is 34.8 Å². The highest BCUT2D eigenvalue weighted by Crippen LogP contribution is 2.39. The lowest BCUT2D eigenvalue weighted by molar-refractivity contribution is -0.140. The largest absolute Gasteiger partial charge is 0.669 e. The number of carboxylic acid groups (broad SMARTS) is 1. The maximum atomic E-state index is 12.3. The van der Waals surface area contributed by atoms with Crippen LogP contribution in [0, 0.1) is 0 Å². The van der Waals surface area contributed by atoms with Crippen LogP contribution in [0.3, 0.4) is 0 Å². The Morgan fingerprint density at radius 1 is 1.32 bits per heavy atom. The molecule has 0 saturated carbocycles. The molecule has 0 unspecified atom stereocenters. The van der Waals surface area contributed by atoms with Crippen molar-refractivity contribution in [3.8, 4) is 11.5 Å². The van der Waals surface area contributed by atoms with Crippen LogP contribution in [0.25, 0.3) is 0 Å². The number of benzene rings is 1. The molecule has 0 aromatic heterocycles. The molecule has 9 nitrogen and oxygen atoms in total. The van der Waals surface area contributed by atoms with Crippen molar-refractivity contribution in [2.75, 3.05) is 19.6 Å². The molecular weight excluding hydrogens is 367 g/mol. The highest BCUT2D eigenvalue weighted by Gasteiger charge is 2.36. The quantitative estimate of drug-likeness (QED) is 0.516. The molecule has 1 atom stereocenters. The molecule has 4 rings (SSSR count). The summed E-state index contributed by atoms with van der Waals surface area (Å²) in [5.74, 6) is -1.14. The van der Waals surface area contributed by atoms with E-state index in [4.69, 9.17) is 9.39 Å². The van der Waals surface area contributed by atoms with E-state index in [-0.39, 0.29) is 41.4 Å². The molecular formula is C18H24BN2O7-. The third-order valence-electron chi connectivity index (χ3n) is 5.59. The monoisotopic (exact) mass is 391 g/mol. The van der Waals surface area contributed by atoms with Gasteiger partial charge in [0, 0.05) is 12.5 Å².